The van der Waals surface area contributed by atoms with Crippen LogP contribution in [0.3, 0.4) is 0 Å². The van der Waals surface area contributed by atoms with Gasteiger partial charge in [-0.25, -0.2) is 0 Å². The van der Waals surface area contributed by atoms with Crippen LogP contribution in [-0.4, -0.2) is 54.5 Å². The first-order chi connectivity index (χ1) is 10.1. The van der Waals surface area contributed by atoms with Crippen LogP contribution in [-0.2, 0) is 4.79 Å². The second kappa shape index (κ2) is 5.93. The molecule has 2 unspecified atom stereocenters. The number of likely N-dealkylation sites (N-methyl/N-ethyl adjacent to an activating group) is 1. The van der Waals surface area contributed by atoms with Crippen LogP contribution >= 0.6 is 0 Å². The van der Waals surface area contributed by atoms with Crippen LogP contribution in [0.4, 0.5) is 5.69 Å². The number of benzene rings is 1. The molecule has 5 nitrogen and oxygen atoms in total. The van der Waals surface area contributed by atoms with Gasteiger partial charge in [-0.3, -0.25) is 9.69 Å². The monoisotopic (exact) mass is 289 g/mol. The Kier molecular flexibility index (Phi) is 4.01. The van der Waals surface area contributed by atoms with E-state index in [1.165, 1.54) is 12.8 Å². The van der Waals surface area contributed by atoms with Gasteiger partial charge in [-0.1, -0.05) is 12.1 Å². The van der Waals surface area contributed by atoms with Crippen LogP contribution < -0.4 is 10.5 Å². The minimum Gasteiger partial charge on any atom is -0.482 e. The SMILES string of the molecule is CN1C2CCC1CN(C(=O)COc1ccccc1N)CC2. The summed E-state index contributed by atoms with van der Waals surface area (Å²) in [7, 11) is 2.18. The molecule has 114 valence electrons. The van der Waals surface area contributed by atoms with Crippen LogP contribution in [0.2, 0.25) is 0 Å². The molecule has 21 heavy (non-hydrogen) atoms. The van der Waals surface area contributed by atoms with Gasteiger partial charge in [-0.05, 0) is 38.4 Å². The number of amides is 1. The Balaban J connectivity index is 1.57. The lowest BCUT2D eigenvalue weighted by Crippen LogP contribution is -2.41. The minimum atomic E-state index is 0.0548. The van der Waals surface area contributed by atoms with E-state index >= 15 is 0 Å². The maximum absolute atomic E-state index is 12.4. The Hall–Kier alpha value is -1.75. The predicted octanol–water partition coefficient (Wildman–Crippen LogP) is 1.34. The van der Waals surface area contributed by atoms with Crippen molar-refractivity contribution >= 4 is 11.6 Å². The molecule has 2 heterocycles. The van der Waals surface area contributed by atoms with Gasteiger partial charge in [0, 0.05) is 25.2 Å². The second-order valence-electron chi connectivity index (χ2n) is 6.01. The molecule has 0 aliphatic carbocycles. The Morgan fingerprint density at radius 1 is 1.29 bits per heavy atom. The summed E-state index contributed by atoms with van der Waals surface area (Å²) in [6, 6.07) is 8.42. The number of carbonyl (C=O) groups is 1. The quantitative estimate of drug-likeness (QED) is 0.853. The third kappa shape index (κ3) is 2.97. The van der Waals surface area contributed by atoms with Gasteiger partial charge in [-0.2, -0.15) is 0 Å². The zero-order valence-corrected chi connectivity index (χ0v) is 12.5. The largest absolute Gasteiger partial charge is 0.482 e. The van der Waals surface area contributed by atoms with E-state index in [0.717, 1.165) is 19.5 Å². The first kappa shape index (κ1) is 14.2. The fourth-order valence-corrected chi connectivity index (χ4v) is 3.38. The lowest BCUT2D eigenvalue weighted by molar-refractivity contribution is -0.133. The summed E-state index contributed by atoms with van der Waals surface area (Å²) in [5, 5.41) is 0. The van der Waals surface area contributed by atoms with Crippen molar-refractivity contribution in [3.63, 3.8) is 0 Å². The highest BCUT2D eigenvalue weighted by molar-refractivity contribution is 5.78. The molecule has 0 radical (unpaired) electrons. The van der Waals surface area contributed by atoms with Gasteiger partial charge in [0.15, 0.2) is 6.61 Å². The van der Waals surface area contributed by atoms with E-state index in [2.05, 4.69) is 11.9 Å². The standard InChI is InChI=1S/C16H23N3O2/c1-18-12-6-7-13(18)10-19(9-8-12)16(20)11-21-15-5-3-2-4-14(15)17/h2-5,12-13H,6-11,17H2,1H3. The molecule has 1 aromatic carbocycles. The minimum absolute atomic E-state index is 0.0548. The summed E-state index contributed by atoms with van der Waals surface area (Å²) in [5.74, 6) is 0.638. The molecule has 2 saturated heterocycles. The third-order valence-electron chi connectivity index (χ3n) is 4.77. The van der Waals surface area contributed by atoms with Gasteiger partial charge in [0.1, 0.15) is 5.75 Å². The summed E-state index contributed by atoms with van der Waals surface area (Å²) in [4.78, 5) is 16.7. The number of hydrogen-bond acceptors (Lipinski definition) is 4. The third-order valence-corrected chi connectivity index (χ3v) is 4.77. The smallest absolute Gasteiger partial charge is 0.260 e. The van der Waals surface area contributed by atoms with E-state index in [4.69, 9.17) is 10.5 Å². The normalized spacial score (nSPS) is 25.7. The molecule has 1 aromatic rings. The van der Waals surface area contributed by atoms with Gasteiger partial charge in [-0.15, -0.1) is 0 Å². The lowest BCUT2D eigenvalue weighted by Gasteiger charge is -2.25. The van der Waals surface area contributed by atoms with E-state index in [9.17, 15) is 4.79 Å². The fraction of sp³-hybridized carbons (Fsp3) is 0.562. The maximum Gasteiger partial charge on any atom is 0.260 e. The van der Waals surface area contributed by atoms with Gasteiger partial charge < -0.3 is 15.4 Å². The molecule has 0 spiro atoms. The summed E-state index contributed by atoms with van der Waals surface area (Å²) in [5.41, 5.74) is 6.39. The highest BCUT2D eigenvalue weighted by Gasteiger charge is 2.35. The molecular formula is C16H23N3O2. The zero-order chi connectivity index (χ0) is 14.8. The lowest BCUT2D eigenvalue weighted by atomic mass is 10.1. The summed E-state index contributed by atoms with van der Waals surface area (Å²) in [6.45, 7) is 1.72. The highest BCUT2D eigenvalue weighted by Crippen LogP contribution is 2.28. The molecule has 0 aromatic heterocycles. The number of likely N-dealkylation sites (tertiary alicyclic amines) is 1. The van der Waals surface area contributed by atoms with Crippen molar-refractivity contribution in [2.45, 2.75) is 31.3 Å². The summed E-state index contributed by atoms with van der Waals surface area (Å²) < 4.78 is 5.57. The van der Waals surface area contributed by atoms with Crippen molar-refractivity contribution in [2.24, 2.45) is 0 Å². The van der Waals surface area contributed by atoms with Gasteiger partial charge >= 0.3 is 0 Å². The van der Waals surface area contributed by atoms with Crippen LogP contribution in [0.15, 0.2) is 24.3 Å². The zero-order valence-electron chi connectivity index (χ0n) is 12.5. The first-order valence-electron chi connectivity index (χ1n) is 7.62. The molecule has 2 fully saturated rings. The number of para-hydroxylation sites is 2. The molecule has 3 rings (SSSR count). The molecule has 2 aliphatic heterocycles. The van der Waals surface area contributed by atoms with Crippen LogP contribution in [0.25, 0.3) is 0 Å². The summed E-state index contributed by atoms with van der Waals surface area (Å²) in [6.07, 6.45) is 3.52. The number of carbonyl (C=O) groups excluding carboxylic acids is 1. The summed E-state index contributed by atoms with van der Waals surface area (Å²) >= 11 is 0. The molecule has 2 bridgehead atoms. The number of nitrogen functional groups attached to an aromatic ring is 1. The van der Waals surface area contributed by atoms with Crippen molar-refractivity contribution < 1.29 is 9.53 Å². The molecular weight excluding hydrogens is 266 g/mol. The maximum atomic E-state index is 12.4. The average molecular weight is 289 g/mol. The molecule has 2 atom stereocenters. The van der Waals surface area contributed by atoms with Crippen molar-refractivity contribution in [3.05, 3.63) is 24.3 Å². The van der Waals surface area contributed by atoms with E-state index in [1.807, 2.05) is 17.0 Å². The highest BCUT2D eigenvalue weighted by atomic mass is 16.5. The number of nitrogens with two attached hydrogens (primary N) is 1. The topological polar surface area (TPSA) is 58.8 Å². The van der Waals surface area contributed by atoms with E-state index in [0.29, 0.717) is 23.5 Å². The Morgan fingerprint density at radius 2 is 2.05 bits per heavy atom. The van der Waals surface area contributed by atoms with Crippen LogP contribution in [0, 0.1) is 0 Å². The van der Waals surface area contributed by atoms with Crippen molar-refractivity contribution in [3.8, 4) is 5.75 Å². The van der Waals surface area contributed by atoms with Gasteiger partial charge in [0.25, 0.3) is 5.91 Å². The first-order valence-corrected chi connectivity index (χ1v) is 7.62. The number of hydrogen-bond donors (Lipinski definition) is 1. The molecule has 2 aliphatic rings. The average Bonchev–Trinajstić information content (AvgIpc) is 2.71. The van der Waals surface area contributed by atoms with Gasteiger partial charge in [0.2, 0.25) is 0 Å². The number of rotatable bonds is 3. The Labute approximate surface area is 125 Å². The Bertz CT molecular complexity index is 520. The van der Waals surface area contributed by atoms with Crippen LogP contribution in [0.5, 0.6) is 5.75 Å². The number of anilines is 1. The number of fused-ring (bicyclic) bond motifs is 2. The molecule has 1 amide bonds. The van der Waals surface area contributed by atoms with Gasteiger partial charge in [0.05, 0.1) is 5.69 Å². The van der Waals surface area contributed by atoms with Crippen molar-refractivity contribution in [2.75, 3.05) is 32.5 Å². The van der Waals surface area contributed by atoms with E-state index < -0.39 is 0 Å². The molecule has 5 heteroatoms. The second-order valence-corrected chi connectivity index (χ2v) is 6.01. The van der Waals surface area contributed by atoms with E-state index in [1.54, 1.807) is 12.1 Å². The number of ether oxygens (including phenoxy) is 1. The molecule has 2 N–H and O–H groups in total. The Morgan fingerprint density at radius 3 is 2.86 bits per heavy atom. The fourth-order valence-electron chi connectivity index (χ4n) is 3.38. The van der Waals surface area contributed by atoms with Crippen molar-refractivity contribution in [1.82, 2.24) is 9.80 Å². The number of nitrogens with zero attached hydrogens (tertiary/aromatic N) is 2. The predicted molar refractivity (Wildman–Crippen MR) is 82.1 cm³/mol. The molecule has 0 saturated carbocycles. The van der Waals surface area contributed by atoms with E-state index in [-0.39, 0.29) is 12.5 Å². The van der Waals surface area contributed by atoms with Crippen molar-refractivity contribution in [1.29, 1.82) is 0 Å². The van der Waals surface area contributed by atoms with Crippen LogP contribution in [0.1, 0.15) is 19.3 Å².